The lowest BCUT2D eigenvalue weighted by Gasteiger charge is -2.33. The van der Waals surface area contributed by atoms with Crippen molar-refractivity contribution in [3.63, 3.8) is 0 Å². The van der Waals surface area contributed by atoms with Gasteiger partial charge in [0.15, 0.2) is 0 Å². The van der Waals surface area contributed by atoms with E-state index >= 15 is 0 Å². The van der Waals surface area contributed by atoms with Crippen molar-refractivity contribution in [1.82, 2.24) is 19.8 Å². The monoisotopic (exact) mass is 378 g/mol. The SMILES string of the molecule is CC1(C)Cc2c(sc3nc(CN4CCN(CCO)CC4)[nH]c(=O)c23)CO1. The first-order valence-corrected chi connectivity index (χ1v) is 10.00. The average molecular weight is 378 g/mol. The van der Waals surface area contributed by atoms with E-state index in [1.165, 1.54) is 0 Å². The van der Waals surface area contributed by atoms with Crippen LogP contribution in [0, 0.1) is 0 Å². The lowest BCUT2D eigenvalue weighted by molar-refractivity contribution is -0.0379. The van der Waals surface area contributed by atoms with Gasteiger partial charge in [-0.3, -0.25) is 14.6 Å². The van der Waals surface area contributed by atoms with E-state index in [1.54, 1.807) is 11.3 Å². The molecule has 8 heteroatoms. The van der Waals surface area contributed by atoms with Gasteiger partial charge >= 0.3 is 0 Å². The molecule has 2 aromatic rings. The van der Waals surface area contributed by atoms with E-state index in [1.807, 2.05) is 0 Å². The van der Waals surface area contributed by atoms with Gasteiger partial charge in [-0.15, -0.1) is 11.3 Å². The second-order valence-corrected chi connectivity index (χ2v) is 8.85. The Morgan fingerprint density at radius 2 is 2.00 bits per heavy atom. The molecule has 0 spiro atoms. The number of nitrogens with zero attached hydrogens (tertiary/aromatic N) is 3. The zero-order valence-corrected chi connectivity index (χ0v) is 16.2. The largest absolute Gasteiger partial charge is 0.395 e. The van der Waals surface area contributed by atoms with E-state index in [0.717, 1.165) is 65.6 Å². The molecule has 0 aromatic carbocycles. The second kappa shape index (κ2) is 7.01. The van der Waals surface area contributed by atoms with E-state index in [2.05, 4.69) is 28.6 Å². The minimum absolute atomic E-state index is 0.0286. The normalized spacial score (nSPS) is 21.2. The second-order valence-electron chi connectivity index (χ2n) is 7.76. The molecule has 2 aliphatic heterocycles. The topological polar surface area (TPSA) is 81.7 Å². The van der Waals surface area contributed by atoms with Crippen molar-refractivity contribution in [3.05, 3.63) is 26.6 Å². The molecular formula is C18H26N4O3S. The summed E-state index contributed by atoms with van der Waals surface area (Å²) < 4.78 is 5.88. The number of H-pyrrole nitrogens is 1. The van der Waals surface area contributed by atoms with Crippen LogP contribution < -0.4 is 5.56 Å². The van der Waals surface area contributed by atoms with Crippen molar-refractivity contribution in [3.8, 4) is 0 Å². The lowest BCUT2D eigenvalue weighted by atomic mass is 9.94. The third-order valence-corrected chi connectivity index (χ3v) is 6.34. The van der Waals surface area contributed by atoms with Crippen LogP contribution in [0.25, 0.3) is 10.2 Å². The van der Waals surface area contributed by atoms with Crippen molar-refractivity contribution in [2.24, 2.45) is 0 Å². The number of fused-ring (bicyclic) bond motifs is 3. The minimum atomic E-state index is -0.236. The standard InChI is InChI=1S/C18H26N4O3S/c1-18(2)9-12-13(11-25-18)26-17-15(12)16(24)19-14(20-17)10-22-5-3-21(4-6-22)7-8-23/h23H,3-11H2,1-2H3,(H,19,20,24). The molecular weight excluding hydrogens is 352 g/mol. The number of nitrogens with one attached hydrogen (secondary N) is 1. The summed E-state index contributed by atoms with van der Waals surface area (Å²) in [5.74, 6) is 0.733. The molecule has 1 saturated heterocycles. The van der Waals surface area contributed by atoms with Gasteiger partial charge in [-0.1, -0.05) is 0 Å². The van der Waals surface area contributed by atoms with Crippen LogP contribution in [-0.4, -0.2) is 69.8 Å². The summed E-state index contributed by atoms with van der Waals surface area (Å²) in [5.41, 5.74) is 0.846. The molecule has 0 unspecified atom stereocenters. The number of ether oxygens (including phenoxy) is 1. The maximum atomic E-state index is 12.7. The lowest BCUT2D eigenvalue weighted by Crippen LogP contribution is -2.46. The number of thiophene rings is 1. The van der Waals surface area contributed by atoms with Crippen LogP contribution >= 0.6 is 11.3 Å². The highest BCUT2D eigenvalue weighted by molar-refractivity contribution is 7.18. The number of aliphatic hydroxyl groups is 1. The summed E-state index contributed by atoms with van der Waals surface area (Å²) in [7, 11) is 0. The fraction of sp³-hybridized carbons (Fsp3) is 0.667. The molecule has 4 rings (SSSR count). The molecule has 2 N–H and O–H groups in total. The number of aromatic amines is 1. The number of β-amino-alcohol motifs (C(OH)–C–C–N with tert-alkyl or cyclic N) is 1. The van der Waals surface area contributed by atoms with Crippen molar-refractivity contribution in [2.45, 2.75) is 39.0 Å². The summed E-state index contributed by atoms with van der Waals surface area (Å²) >= 11 is 1.59. The van der Waals surface area contributed by atoms with Crippen LogP contribution in [0.5, 0.6) is 0 Å². The van der Waals surface area contributed by atoms with Crippen LogP contribution in [0.3, 0.4) is 0 Å². The molecule has 142 valence electrons. The number of aromatic nitrogens is 2. The number of rotatable bonds is 4. The quantitative estimate of drug-likeness (QED) is 0.824. The zero-order chi connectivity index (χ0) is 18.3. The number of hydrogen-bond acceptors (Lipinski definition) is 7. The van der Waals surface area contributed by atoms with Crippen LogP contribution in [0.1, 0.15) is 30.1 Å². The Morgan fingerprint density at radius 3 is 2.73 bits per heavy atom. The third kappa shape index (κ3) is 3.57. The smallest absolute Gasteiger partial charge is 0.259 e. The first-order valence-electron chi connectivity index (χ1n) is 9.18. The predicted molar refractivity (Wildman–Crippen MR) is 102 cm³/mol. The first kappa shape index (κ1) is 18.1. The molecule has 0 bridgehead atoms. The van der Waals surface area contributed by atoms with E-state index in [-0.39, 0.29) is 17.8 Å². The van der Waals surface area contributed by atoms with Crippen molar-refractivity contribution < 1.29 is 9.84 Å². The Labute approximate surface area is 156 Å². The Bertz CT molecular complexity index is 852. The van der Waals surface area contributed by atoms with Crippen molar-refractivity contribution in [1.29, 1.82) is 0 Å². The molecule has 4 heterocycles. The van der Waals surface area contributed by atoms with Crippen LogP contribution in [0.2, 0.25) is 0 Å². The highest BCUT2D eigenvalue weighted by Crippen LogP contribution is 2.36. The minimum Gasteiger partial charge on any atom is -0.395 e. The van der Waals surface area contributed by atoms with Gasteiger partial charge in [-0.2, -0.15) is 0 Å². The Balaban J connectivity index is 1.54. The van der Waals surface area contributed by atoms with E-state index in [0.29, 0.717) is 13.2 Å². The summed E-state index contributed by atoms with van der Waals surface area (Å²) in [6, 6.07) is 0. The van der Waals surface area contributed by atoms with Gasteiger partial charge in [0.2, 0.25) is 0 Å². The van der Waals surface area contributed by atoms with Gasteiger partial charge in [-0.25, -0.2) is 4.98 Å². The molecule has 26 heavy (non-hydrogen) atoms. The first-order chi connectivity index (χ1) is 12.4. The summed E-state index contributed by atoms with van der Waals surface area (Å²) in [6.45, 7) is 9.99. The molecule has 7 nitrogen and oxygen atoms in total. The summed E-state index contributed by atoms with van der Waals surface area (Å²) in [4.78, 5) is 27.0. The average Bonchev–Trinajstić information content (AvgIpc) is 2.93. The van der Waals surface area contributed by atoms with Gasteiger partial charge < -0.3 is 14.8 Å². The molecule has 0 aliphatic carbocycles. The van der Waals surface area contributed by atoms with Crippen molar-refractivity contribution >= 4 is 21.6 Å². The van der Waals surface area contributed by atoms with Gasteiger partial charge in [0.1, 0.15) is 10.7 Å². The fourth-order valence-corrected chi connectivity index (χ4v) is 4.92. The molecule has 2 aromatic heterocycles. The number of aliphatic hydroxyl groups excluding tert-OH is 1. The zero-order valence-electron chi connectivity index (χ0n) is 15.4. The Kier molecular flexibility index (Phi) is 4.87. The number of piperazine rings is 1. The third-order valence-electron chi connectivity index (χ3n) is 5.24. The fourth-order valence-electron chi connectivity index (χ4n) is 3.80. The molecule has 0 saturated carbocycles. The Hall–Kier alpha value is -1.32. The summed E-state index contributed by atoms with van der Waals surface area (Å²) in [5, 5.41) is 9.79. The Morgan fingerprint density at radius 1 is 1.27 bits per heavy atom. The maximum Gasteiger partial charge on any atom is 0.259 e. The van der Waals surface area contributed by atoms with E-state index < -0.39 is 0 Å². The predicted octanol–water partition coefficient (Wildman–Crippen LogP) is 0.946. The summed E-state index contributed by atoms with van der Waals surface area (Å²) in [6.07, 6.45) is 0.749. The number of hydrogen-bond donors (Lipinski definition) is 2. The molecule has 1 fully saturated rings. The highest BCUT2D eigenvalue weighted by atomic mass is 32.1. The maximum absolute atomic E-state index is 12.7. The molecule has 0 atom stereocenters. The highest BCUT2D eigenvalue weighted by Gasteiger charge is 2.30. The van der Waals surface area contributed by atoms with Crippen LogP contribution in [0.4, 0.5) is 0 Å². The van der Waals surface area contributed by atoms with Crippen LogP contribution in [-0.2, 0) is 24.3 Å². The van der Waals surface area contributed by atoms with E-state index in [9.17, 15) is 4.79 Å². The molecule has 0 radical (unpaired) electrons. The van der Waals surface area contributed by atoms with Gasteiger partial charge in [0.05, 0.1) is 30.7 Å². The van der Waals surface area contributed by atoms with E-state index in [4.69, 9.17) is 14.8 Å². The van der Waals surface area contributed by atoms with Gasteiger partial charge in [0, 0.05) is 44.0 Å². The van der Waals surface area contributed by atoms with Gasteiger partial charge in [-0.05, 0) is 19.4 Å². The molecule has 2 aliphatic rings. The van der Waals surface area contributed by atoms with Crippen LogP contribution in [0.15, 0.2) is 4.79 Å². The van der Waals surface area contributed by atoms with Crippen molar-refractivity contribution in [2.75, 3.05) is 39.3 Å². The molecule has 0 amide bonds. The van der Waals surface area contributed by atoms with Gasteiger partial charge in [0.25, 0.3) is 5.56 Å².